The minimum Gasteiger partial charge on any atom is -0.494 e. The van der Waals surface area contributed by atoms with Crippen molar-refractivity contribution in [2.24, 2.45) is 0 Å². The molecule has 2 amide bonds. The largest absolute Gasteiger partial charge is 0.494 e. The highest BCUT2D eigenvalue weighted by molar-refractivity contribution is 6.30. The summed E-state index contributed by atoms with van der Waals surface area (Å²) in [6, 6.07) is 14.7. The number of ether oxygens (including phenoxy) is 1. The average molecular weight is 401 g/mol. The van der Waals surface area contributed by atoms with Crippen molar-refractivity contribution in [2.45, 2.75) is 19.8 Å². The number of amides is 2. The molecule has 0 unspecified atom stereocenters. The van der Waals surface area contributed by atoms with Crippen LogP contribution in [0, 0.1) is 0 Å². The van der Waals surface area contributed by atoms with Crippen LogP contribution in [0.25, 0.3) is 0 Å². The normalized spacial score (nSPS) is 14.1. The van der Waals surface area contributed by atoms with E-state index in [0.29, 0.717) is 56.2 Å². The van der Waals surface area contributed by atoms with E-state index in [1.807, 2.05) is 36.1 Å². The van der Waals surface area contributed by atoms with Crippen LogP contribution in [0.2, 0.25) is 5.02 Å². The molecule has 1 fully saturated rings. The quantitative estimate of drug-likeness (QED) is 0.743. The Morgan fingerprint density at radius 2 is 1.61 bits per heavy atom. The lowest BCUT2D eigenvalue weighted by atomic mass is 10.1. The standard InChI is InChI=1S/C22H25ClN2O3/c1-2-28-20-6-4-3-5-17(20)9-12-21(26)24-13-15-25(16-14-24)22(27)18-7-10-19(23)11-8-18/h3-8,10-11H,2,9,12-16H2,1H3. The van der Waals surface area contributed by atoms with Crippen molar-refractivity contribution in [3.8, 4) is 5.75 Å². The van der Waals surface area contributed by atoms with Crippen LogP contribution in [0.3, 0.4) is 0 Å². The van der Waals surface area contributed by atoms with E-state index in [0.717, 1.165) is 11.3 Å². The van der Waals surface area contributed by atoms with Gasteiger partial charge in [0.2, 0.25) is 5.91 Å². The van der Waals surface area contributed by atoms with Crippen molar-refractivity contribution in [1.29, 1.82) is 0 Å². The zero-order chi connectivity index (χ0) is 19.9. The summed E-state index contributed by atoms with van der Waals surface area (Å²) in [5, 5.41) is 0.609. The minimum atomic E-state index is -0.0191. The van der Waals surface area contributed by atoms with Gasteiger partial charge in [0.05, 0.1) is 6.61 Å². The predicted molar refractivity (Wildman–Crippen MR) is 110 cm³/mol. The lowest BCUT2D eigenvalue weighted by Crippen LogP contribution is -2.50. The lowest BCUT2D eigenvalue weighted by Gasteiger charge is -2.35. The molecule has 1 aliphatic heterocycles. The number of hydrogen-bond donors (Lipinski definition) is 0. The summed E-state index contributed by atoms with van der Waals surface area (Å²) in [7, 11) is 0. The molecule has 1 heterocycles. The van der Waals surface area contributed by atoms with Gasteiger partial charge in [-0.3, -0.25) is 9.59 Å². The van der Waals surface area contributed by atoms with E-state index in [4.69, 9.17) is 16.3 Å². The highest BCUT2D eigenvalue weighted by atomic mass is 35.5. The second-order valence-electron chi connectivity index (χ2n) is 6.72. The number of nitrogens with zero attached hydrogens (tertiary/aromatic N) is 2. The molecule has 3 rings (SSSR count). The van der Waals surface area contributed by atoms with Gasteiger partial charge in [-0.2, -0.15) is 0 Å². The Morgan fingerprint density at radius 3 is 2.29 bits per heavy atom. The van der Waals surface area contributed by atoms with E-state index in [1.54, 1.807) is 29.2 Å². The monoisotopic (exact) mass is 400 g/mol. The molecule has 0 spiro atoms. The highest BCUT2D eigenvalue weighted by Crippen LogP contribution is 2.20. The lowest BCUT2D eigenvalue weighted by molar-refractivity contribution is -0.132. The Morgan fingerprint density at radius 1 is 0.964 bits per heavy atom. The molecule has 2 aromatic rings. The summed E-state index contributed by atoms with van der Waals surface area (Å²) in [6.45, 7) is 4.77. The molecule has 2 aromatic carbocycles. The second kappa shape index (κ2) is 9.60. The first-order chi connectivity index (χ1) is 13.6. The number of rotatable bonds is 6. The van der Waals surface area contributed by atoms with Gasteiger partial charge in [-0.05, 0) is 49.2 Å². The Labute approximate surface area is 170 Å². The summed E-state index contributed by atoms with van der Waals surface area (Å²) >= 11 is 5.88. The Kier molecular flexibility index (Phi) is 6.93. The number of piperazine rings is 1. The van der Waals surface area contributed by atoms with E-state index in [9.17, 15) is 9.59 Å². The first kappa shape index (κ1) is 20.2. The Bertz CT molecular complexity index is 815. The molecule has 6 heteroatoms. The molecule has 28 heavy (non-hydrogen) atoms. The van der Waals surface area contributed by atoms with Crippen molar-refractivity contribution < 1.29 is 14.3 Å². The molecular weight excluding hydrogens is 376 g/mol. The van der Waals surface area contributed by atoms with E-state index in [2.05, 4.69) is 0 Å². The topological polar surface area (TPSA) is 49.9 Å². The summed E-state index contributed by atoms with van der Waals surface area (Å²) in [5.74, 6) is 0.940. The molecule has 0 radical (unpaired) electrons. The van der Waals surface area contributed by atoms with Gasteiger partial charge in [0, 0.05) is 43.2 Å². The van der Waals surface area contributed by atoms with Crippen LogP contribution in [0.1, 0.15) is 29.3 Å². The van der Waals surface area contributed by atoms with Crippen LogP contribution in [0.5, 0.6) is 5.75 Å². The number of para-hydroxylation sites is 1. The zero-order valence-electron chi connectivity index (χ0n) is 16.1. The third-order valence-corrected chi connectivity index (χ3v) is 5.14. The molecule has 5 nitrogen and oxygen atoms in total. The number of hydrogen-bond acceptors (Lipinski definition) is 3. The fourth-order valence-electron chi connectivity index (χ4n) is 3.34. The van der Waals surface area contributed by atoms with E-state index in [-0.39, 0.29) is 11.8 Å². The van der Waals surface area contributed by atoms with Crippen LogP contribution in [0.15, 0.2) is 48.5 Å². The van der Waals surface area contributed by atoms with Gasteiger partial charge in [0.25, 0.3) is 5.91 Å². The summed E-state index contributed by atoms with van der Waals surface area (Å²) < 4.78 is 5.63. The number of aryl methyl sites for hydroxylation is 1. The van der Waals surface area contributed by atoms with Crippen molar-refractivity contribution in [3.05, 3.63) is 64.7 Å². The third kappa shape index (κ3) is 5.04. The molecule has 0 atom stereocenters. The van der Waals surface area contributed by atoms with Crippen LogP contribution < -0.4 is 4.74 Å². The minimum absolute atomic E-state index is 0.0191. The molecule has 1 aliphatic rings. The molecule has 0 aromatic heterocycles. The van der Waals surface area contributed by atoms with Crippen LogP contribution in [0.4, 0.5) is 0 Å². The van der Waals surface area contributed by atoms with E-state index >= 15 is 0 Å². The summed E-state index contributed by atoms with van der Waals surface area (Å²) in [6.07, 6.45) is 1.09. The van der Waals surface area contributed by atoms with E-state index in [1.165, 1.54) is 0 Å². The second-order valence-corrected chi connectivity index (χ2v) is 7.16. The molecule has 0 bridgehead atoms. The van der Waals surface area contributed by atoms with E-state index < -0.39 is 0 Å². The molecule has 148 valence electrons. The fraction of sp³-hybridized carbons (Fsp3) is 0.364. The Balaban J connectivity index is 1.50. The average Bonchev–Trinajstić information content (AvgIpc) is 2.73. The third-order valence-electron chi connectivity index (χ3n) is 4.89. The smallest absolute Gasteiger partial charge is 0.253 e. The number of halogens is 1. The van der Waals surface area contributed by atoms with Crippen molar-refractivity contribution >= 4 is 23.4 Å². The van der Waals surface area contributed by atoms with Crippen molar-refractivity contribution in [1.82, 2.24) is 9.80 Å². The van der Waals surface area contributed by atoms with Gasteiger partial charge in [-0.25, -0.2) is 0 Å². The number of carbonyl (C=O) groups excluding carboxylic acids is 2. The van der Waals surface area contributed by atoms with Crippen LogP contribution in [-0.2, 0) is 11.2 Å². The van der Waals surface area contributed by atoms with Crippen molar-refractivity contribution in [3.63, 3.8) is 0 Å². The molecule has 0 saturated carbocycles. The maximum atomic E-state index is 12.6. The molecule has 0 aliphatic carbocycles. The molecule has 0 N–H and O–H groups in total. The van der Waals surface area contributed by atoms with Crippen molar-refractivity contribution in [2.75, 3.05) is 32.8 Å². The summed E-state index contributed by atoms with van der Waals surface area (Å²) in [5.41, 5.74) is 1.67. The fourth-order valence-corrected chi connectivity index (χ4v) is 3.47. The maximum Gasteiger partial charge on any atom is 0.253 e. The van der Waals surface area contributed by atoms with Gasteiger partial charge < -0.3 is 14.5 Å². The summed E-state index contributed by atoms with van der Waals surface area (Å²) in [4.78, 5) is 28.8. The van der Waals surface area contributed by atoms with Gasteiger partial charge >= 0.3 is 0 Å². The Hall–Kier alpha value is -2.53. The number of benzene rings is 2. The zero-order valence-corrected chi connectivity index (χ0v) is 16.8. The first-order valence-corrected chi connectivity index (χ1v) is 9.99. The SMILES string of the molecule is CCOc1ccccc1CCC(=O)N1CCN(C(=O)c2ccc(Cl)cc2)CC1. The number of carbonyl (C=O) groups is 2. The van der Waals surface area contributed by atoms with Gasteiger partial charge in [-0.1, -0.05) is 29.8 Å². The predicted octanol–water partition coefficient (Wildman–Crippen LogP) is 3.66. The molecular formula is C22H25ClN2O3. The van der Waals surface area contributed by atoms with Crippen LogP contribution in [-0.4, -0.2) is 54.4 Å². The molecule has 1 saturated heterocycles. The highest BCUT2D eigenvalue weighted by Gasteiger charge is 2.24. The van der Waals surface area contributed by atoms with Gasteiger partial charge in [0.15, 0.2) is 0 Å². The van der Waals surface area contributed by atoms with Crippen LogP contribution >= 0.6 is 11.6 Å². The first-order valence-electron chi connectivity index (χ1n) is 9.62. The van der Waals surface area contributed by atoms with Gasteiger partial charge in [0.1, 0.15) is 5.75 Å². The van der Waals surface area contributed by atoms with Gasteiger partial charge in [-0.15, -0.1) is 0 Å². The maximum absolute atomic E-state index is 12.6.